The van der Waals surface area contributed by atoms with Gasteiger partial charge in [-0.3, -0.25) is 0 Å². The minimum atomic E-state index is -1.35. The van der Waals surface area contributed by atoms with E-state index in [1.54, 1.807) is 48.5 Å². The molecule has 0 aliphatic rings. The molecule has 0 spiro atoms. The number of para-hydroxylation sites is 4. The maximum absolute atomic E-state index is 13.6. The Bertz CT molecular complexity index is 2580. The molecule has 12 nitrogen and oxygen atoms in total. The van der Waals surface area contributed by atoms with Crippen LogP contribution in [-0.4, -0.2) is 20.4 Å². The Hall–Kier alpha value is -7.08. The molecule has 4 aromatic carbocycles. The van der Waals surface area contributed by atoms with Gasteiger partial charge in [-0.25, -0.2) is 19.2 Å². The minimum Gasteiger partial charge on any atom is -0.507 e. The fourth-order valence-corrected chi connectivity index (χ4v) is 7.21. The molecule has 0 unspecified atom stereocenters. The molecule has 4 heterocycles. The fourth-order valence-electron chi connectivity index (χ4n) is 7.21. The van der Waals surface area contributed by atoms with E-state index in [9.17, 15) is 39.6 Å². The standard InChI is InChI=1S/C41H28O12/c42-34-20-10-1-5-16-26(20)50-38(46)30(34)24(31-35(43)21-11-2-6-17-27(21)51-39(31)47)14-9-15-25(32-36(44)22-12-3-7-18-28(22)52-40(32)48)33-37(45)23-13-4-8-19-29(23)53-41(33)49/h1-8,10-13,16-19,24-25,42-45H,9,14-15H2. The third-order valence-electron chi connectivity index (χ3n) is 9.66. The highest BCUT2D eigenvalue weighted by molar-refractivity contribution is 5.88. The number of aromatic hydroxyl groups is 4. The van der Waals surface area contributed by atoms with Gasteiger partial charge in [-0.2, -0.15) is 0 Å². The van der Waals surface area contributed by atoms with Crippen molar-refractivity contribution in [1.82, 2.24) is 0 Å². The monoisotopic (exact) mass is 712 g/mol. The molecule has 53 heavy (non-hydrogen) atoms. The van der Waals surface area contributed by atoms with E-state index in [4.69, 9.17) is 17.7 Å². The van der Waals surface area contributed by atoms with Crippen molar-refractivity contribution in [1.29, 1.82) is 0 Å². The van der Waals surface area contributed by atoms with Gasteiger partial charge in [-0.05, 0) is 61.4 Å². The molecule has 0 atom stereocenters. The van der Waals surface area contributed by atoms with Crippen molar-refractivity contribution in [2.45, 2.75) is 31.1 Å². The van der Waals surface area contributed by atoms with Crippen LogP contribution in [0, 0.1) is 0 Å². The second kappa shape index (κ2) is 12.9. The summed E-state index contributed by atoms with van der Waals surface area (Å²) in [5, 5.41) is 46.8. The Balaban J connectivity index is 1.30. The minimum absolute atomic E-state index is 0.0514. The van der Waals surface area contributed by atoms with Gasteiger partial charge in [0.05, 0.1) is 43.8 Å². The van der Waals surface area contributed by atoms with E-state index < -0.39 is 57.3 Å². The summed E-state index contributed by atoms with van der Waals surface area (Å²) in [5.74, 6) is -4.62. The van der Waals surface area contributed by atoms with Crippen molar-refractivity contribution in [3.63, 3.8) is 0 Å². The van der Waals surface area contributed by atoms with Crippen LogP contribution in [0.25, 0.3) is 43.9 Å². The molecular weight excluding hydrogens is 684 g/mol. The molecule has 12 heteroatoms. The summed E-state index contributed by atoms with van der Waals surface area (Å²) < 4.78 is 22.2. The van der Waals surface area contributed by atoms with E-state index in [1.807, 2.05) is 0 Å². The summed E-state index contributed by atoms with van der Waals surface area (Å²) in [4.78, 5) is 54.4. The van der Waals surface area contributed by atoms with Gasteiger partial charge >= 0.3 is 22.5 Å². The average Bonchev–Trinajstić information content (AvgIpc) is 3.14. The van der Waals surface area contributed by atoms with Gasteiger partial charge in [0.2, 0.25) is 0 Å². The van der Waals surface area contributed by atoms with E-state index >= 15 is 0 Å². The highest BCUT2D eigenvalue weighted by Crippen LogP contribution is 2.44. The van der Waals surface area contributed by atoms with Crippen molar-refractivity contribution < 1.29 is 38.1 Å². The summed E-state index contributed by atoms with van der Waals surface area (Å²) in [6, 6.07) is 25.0. The van der Waals surface area contributed by atoms with Gasteiger partial charge in [-0.1, -0.05) is 55.0 Å². The van der Waals surface area contributed by atoms with Gasteiger partial charge in [0.15, 0.2) is 0 Å². The Kier molecular flexibility index (Phi) is 8.06. The SMILES string of the molecule is O=c1oc2ccccc2c(O)c1C(CCCC(c1c(O)c2ccccc2oc1=O)c1c(O)c2ccccc2oc1=O)c1c(O)c2ccccc2oc1=O. The van der Waals surface area contributed by atoms with Crippen LogP contribution >= 0.6 is 0 Å². The highest BCUT2D eigenvalue weighted by Gasteiger charge is 2.34. The van der Waals surface area contributed by atoms with E-state index in [0.29, 0.717) is 0 Å². The molecule has 8 aromatic rings. The molecule has 0 saturated carbocycles. The number of hydrogen-bond acceptors (Lipinski definition) is 12. The van der Waals surface area contributed by atoms with Gasteiger partial charge in [0.25, 0.3) is 0 Å². The first-order valence-corrected chi connectivity index (χ1v) is 16.6. The van der Waals surface area contributed by atoms with Crippen LogP contribution in [0.3, 0.4) is 0 Å². The van der Waals surface area contributed by atoms with E-state index in [1.165, 1.54) is 48.5 Å². The number of rotatable bonds is 8. The maximum Gasteiger partial charge on any atom is 0.343 e. The van der Waals surface area contributed by atoms with Crippen LogP contribution < -0.4 is 22.5 Å². The van der Waals surface area contributed by atoms with Crippen molar-refractivity contribution in [2.24, 2.45) is 0 Å². The van der Waals surface area contributed by atoms with Crippen molar-refractivity contribution >= 4 is 43.9 Å². The van der Waals surface area contributed by atoms with Gasteiger partial charge in [0, 0.05) is 11.8 Å². The van der Waals surface area contributed by atoms with Crippen LogP contribution in [-0.2, 0) is 0 Å². The lowest BCUT2D eigenvalue weighted by molar-refractivity contribution is 0.417. The molecule has 0 saturated heterocycles. The van der Waals surface area contributed by atoms with E-state index in [-0.39, 0.29) is 85.4 Å². The van der Waals surface area contributed by atoms with Crippen LogP contribution in [0.15, 0.2) is 134 Å². The summed E-state index contributed by atoms with van der Waals surface area (Å²) in [5.41, 5.74) is -4.89. The zero-order valence-electron chi connectivity index (χ0n) is 27.6. The summed E-state index contributed by atoms with van der Waals surface area (Å²) in [6.07, 6.45) is -0.406. The van der Waals surface area contributed by atoms with Gasteiger partial charge in [-0.15, -0.1) is 0 Å². The molecular formula is C41H28O12. The normalized spacial score (nSPS) is 11.8. The van der Waals surface area contributed by atoms with Crippen LogP contribution in [0.5, 0.6) is 23.0 Å². The summed E-state index contributed by atoms with van der Waals surface area (Å²) in [6.45, 7) is 0. The lowest BCUT2D eigenvalue weighted by atomic mass is 9.82. The van der Waals surface area contributed by atoms with Crippen molar-refractivity contribution in [3.05, 3.63) is 161 Å². The number of benzene rings is 4. The highest BCUT2D eigenvalue weighted by atomic mass is 16.4. The smallest absolute Gasteiger partial charge is 0.343 e. The summed E-state index contributed by atoms with van der Waals surface area (Å²) in [7, 11) is 0. The lowest BCUT2D eigenvalue weighted by Gasteiger charge is -2.22. The van der Waals surface area contributed by atoms with E-state index in [2.05, 4.69) is 0 Å². The number of fused-ring (bicyclic) bond motifs is 4. The second-order valence-electron chi connectivity index (χ2n) is 12.6. The third-order valence-corrected chi connectivity index (χ3v) is 9.66. The Morgan fingerprint density at radius 2 is 0.604 bits per heavy atom. The number of hydrogen-bond donors (Lipinski definition) is 4. The zero-order valence-corrected chi connectivity index (χ0v) is 27.6. The Labute approximate surface area is 296 Å². The molecule has 0 bridgehead atoms. The first kappa shape index (κ1) is 33.1. The van der Waals surface area contributed by atoms with Gasteiger partial charge in [0.1, 0.15) is 45.3 Å². The quantitative estimate of drug-likeness (QED) is 0.117. The molecule has 264 valence electrons. The second-order valence-corrected chi connectivity index (χ2v) is 12.6. The Morgan fingerprint density at radius 3 is 0.849 bits per heavy atom. The van der Waals surface area contributed by atoms with Gasteiger partial charge < -0.3 is 38.1 Å². The molecule has 0 fully saturated rings. The Morgan fingerprint density at radius 1 is 0.377 bits per heavy atom. The van der Waals surface area contributed by atoms with Crippen LogP contribution in [0.1, 0.15) is 53.4 Å². The molecule has 4 aromatic heterocycles. The molecule has 4 N–H and O–H groups in total. The molecule has 0 aliphatic heterocycles. The zero-order chi connectivity index (χ0) is 37.0. The van der Waals surface area contributed by atoms with Crippen LogP contribution in [0.2, 0.25) is 0 Å². The molecule has 0 radical (unpaired) electrons. The van der Waals surface area contributed by atoms with E-state index in [0.717, 1.165) is 0 Å². The fraction of sp³-hybridized carbons (Fsp3) is 0.122. The predicted octanol–water partition coefficient (Wildman–Crippen LogP) is 7.07. The summed E-state index contributed by atoms with van der Waals surface area (Å²) >= 11 is 0. The molecule has 8 rings (SSSR count). The largest absolute Gasteiger partial charge is 0.507 e. The average molecular weight is 713 g/mol. The molecule has 0 amide bonds. The topological polar surface area (TPSA) is 202 Å². The lowest BCUT2D eigenvalue weighted by Crippen LogP contribution is -2.22. The molecule has 0 aliphatic carbocycles. The van der Waals surface area contributed by atoms with Crippen molar-refractivity contribution in [3.8, 4) is 23.0 Å². The predicted molar refractivity (Wildman–Crippen MR) is 194 cm³/mol. The first-order chi connectivity index (χ1) is 25.6. The maximum atomic E-state index is 13.6. The van der Waals surface area contributed by atoms with Crippen LogP contribution in [0.4, 0.5) is 0 Å². The third kappa shape index (κ3) is 5.48. The van der Waals surface area contributed by atoms with Crippen molar-refractivity contribution in [2.75, 3.05) is 0 Å². The first-order valence-electron chi connectivity index (χ1n) is 16.6.